The van der Waals surface area contributed by atoms with Crippen molar-refractivity contribution < 1.29 is 0 Å². The smallest absolute Gasteiger partial charge is 0.162 e. The number of aromatic nitrogens is 4. The van der Waals surface area contributed by atoms with Crippen LogP contribution in [-0.2, 0) is 0 Å². The lowest BCUT2D eigenvalue weighted by molar-refractivity contribution is 1.17. The molecule has 6 heteroatoms. The van der Waals surface area contributed by atoms with Crippen LogP contribution in [0.1, 0.15) is 0 Å². The van der Waals surface area contributed by atoms with Crippen molar-refractivity contribution in [1.82, 2.24) is 19.9 Å². The first-order valence-corrected chi connectivity index (χ1v) is 5.89. The van der Waals surface area contributed by atoms with Crippen LogP contribution in [0.5, 0.6) is 0 Å². The van der Waals surface area contributed by atoms with Gasteiger partial charge in [-0.15, -0.1) is 0 Å². The predicted octanol–water partition coefficient (Wildman–Crippen LogP) is 3.39. The second-order valence-electron chi connectivity index (χ2n) is 3.60. The summed E-state index contributed by atoms with van der Waals surface area (Å²) in [7, 11) is 0. The van der Waals surface area contributed by atoms with E-state index >= 15 is 0 Å². The number of hydrogen-bond donors (Lipinski definition) is 0. The zero-order valence-corrected chi connectivity index (χ0v) is 10.5. The number of hydrogen-bond acceptors (Lipinski definition) is 4. The third kappa shape index (κ3) is 2.12. The summed E-state index contributed by atoms with van der Waals surface area (Å²) in [6, 6.07) is 7.06. The van der Waals surface area contributed by atoms with Crippen LogP contribution in [0.15, 0.2) is 36.7 Å². The number of nitrogens with zero attached hydrogens (tertiary/aromatic N) is 4. The summed E-state index contributed by atoms with van der Waals surface area (Å²) in [5.74, 6) is 0.472. The van der Waals surface area contributed by atoms with Crippen LogP contribution in [-0.4, -0.2) is 19.9 Å². The zero-order chi connectivity index (χ0) is 12.5. The Kier molecular flexibility index (Phi) is 2.81. The molecule has 3 rings (SSSR count). The minimum absolute atomic E-state index is 0.309. The highest BCUT2D eigenvalue weighted by atomic mass is 35.5. The Hall–Kier alpha value is -1.78. The van der Waals surface area contributed by atoms with Crippen molar-refractivity contribution in [2.75, 3.05) is 0 Å². The number of halogens is 2. The van der Waals surface area contributed by atoms with Gasteiger partial charge in [-0.3, -0.25) is 9.97 Å². The average molecular weight is 277 g/mol. The second kappa shape index (κ2) is 4.48. The SMILES string of the molecule is Clc1cc(Cl)nc(-c2ccc3nccnc3c2)n1. The minimum Gasteiger partial charge on any atom is -0.253 e. The van der Waals surface area contributed by atoms with E-state index in [0.29, 0.717) is 16.1 Å². The van der Waals surface area contributed by atoms with Gasteiger partial charge >= 0.3 is 0 Å². The molecule has 0 spiro atoms. The van der Waals surface area contributed by atoms with E-state index in [0.717, 1.165) is 16.6 Å². The Morgan fingerprint density at radius 2 is 1.44 bits per heavy atom. The summed E-state index contributed by atoms with van der Waals surface area (Å²) in [4.78, 5) is 16.7. The molecule has 88 valence electrons. The molecule has 3 aromatic rings. The van der Waals surface area contributed by atoms with Gasteiger partial charge in [-0.05, 0) is 18.2 Å². The fourth-order valence-electron chi connectivity index (χ4n) is 1.62. The standard InChI is InChI=1S/C12H6Cl2N4/c13-10-6-11(14)18-12(17-10)7-1-2-8-9(5-7)16-4-3-15-8/h1-6H. The van der Waals surface area contributed by atoms with Gasteiger partial charge in [0.25, 0.3) is 0 Å². The predicted molar refractivity (Wildman–Crippen MR) is 70.6 cm³/mol. The van der Waals surface area contributed by atoms with E-state index in [9.17, 15) is 0 Å². The third-order valence-corrected chi connectivity index (χ3v) is 2.78. The first kappa shape index (κ1) is 11.3. The van der Waals surface area contributed by atoms with Gasteiger partial charge in [-0.1, -0.05) is 23.2 Å². The van der Waals surface area contributed by atoms with E-state index in [4.69, 9.17) is 23.2 Å². The normalized spacial score (nSPS) is 10.8. The van der Waals surface area contributed by atoms with E-state index in [1.165, 1.54) is 6.07 Å². The van der Waals surface area contributed by atoms with E-state index < -0.39 is 0 Å². The highest BCUT2D eigenvalue weighted by Crippen LogP contribution is 2.22. The van der Waals surface area contributed by atoms with Gasteiger partial charge in [-0.2, -0.15) is 0 Å². The quantitative estimate of drug-likeness (QED) is 0.640. The highest BCUT2D eigenvalue weighted by molar-refractivity contribution is 6.33. The fourth-order valence-corrected chi connectivity index (χ4v) is 2.04. The molecule has 0 N–H and O–H groups in total. The van der Waals surface area contributed by atoms with Gasteiger partial charge in [0.2, 0.25) is 0 Å². The molecule has 18 heavy (non-hydrogen) atoms. The molecule has 0 amide bonds. The van der Waals surface area contributed by atoms with E-state index in [2.05, 4.69) is 19.9 Å². The molecule has 0 atom stereocenters. The summed E-state index contributed by atoms with van der Waals surface area (Å²) in [5, 5.41) is 0.619. The number of fused-ring (bicyclic) bond motifs is 1. The van der Waals surface area contributed by atoms with Crippen molar-refractivity contribution in [3.63, 3.8) is 0 Å². The van der Waals surface area contributed by atoms with Crippen LogP contribution < -0.4 is 0 Å². The van der Waals surface area contributed by atoms with Crippen LogP contribution in [0, 0.1) is 0 Å². The molecule has 0 radical (unpaired) electrons. The molecule has 2 aromatic heterocycles. The van der Waals surface area contributed by atoms with Crippen molar-refractivity contribution in [3.8, 4) is 11.4 Å². The van der Waals surface area contributed by atoms with Crippen molar-refractivity contribution in [3.05, 3.63) is 47.0 Å². The van der Waals surface area contributed by atoms with Crippen LogP contribution in [0.3, 0.4) is 0 Å². The van der Waals surface area contributed by atoms with E-state index in [-0.39, 0.29) is 0 Å². The molecular formula is C12H6Cl2N4. The summed E-state index contributed by atoms with van der Waals surface area (Å²) in [6.07, 6.45) is 3.28. The van der Waals surface area contributed by atoms with Crippen molar-refractivity contribution in [1.29, 1.82) is 0 Å². The number of rotatable bonds is 1. The van der Waals surface area contributed by atoms with Crippen LogP contribution in [0.25, 0.3) is 22.4 Å². The molecule has 0 aliphatic rings. The summed E-state index contributed by atoms with van der Waals surface area (Å²) in [6.45, 7) is 0. The third-order valence-electron chi connectivity index (χ3n) is 2.39. The van der Waals surface area contributed by atoms with Crippen molar-refractivity contribution in [2.24, 2.45) is 0 Å². The lowest BCUT2D eigenvalue weighted by atomic mass is 10.2. The molecule has 0 bridgehead atoms. The Bertz CT molecular complexity index is 710. The Morgan fingerprint density at radius 1 is 0.778 bits per heavy atom. The first-order valence-electron chi connectivity index (χ1n) is 5.13. The van der Waals surface area contributed by atoms with Crippen molar-refractivity contribution in [2.45, 2.75) is 0 Å². The zero-order valence-electron chi connectivity index (χ0n) is 9.01. The van der Waals surface area contributed by atoms with Gasteiger partial charge in [-0.25, -0.2) is 9.97 Å². The maximum absolute atomic E-state index is 5.85. The molecule has 0 aliphatic carbocycles. The van der Waals surface area contributed by atoms with E-state index in [1.54, 1.807) is 12.4 Å². The molecule has 0 saturated heterocycles. The Labute approximate surface area is 113 Å². The topological polar surface area (TPSA) is 51.6 Å². The van der Waals surface area contributed by atoms with Gasteiger partial charge in [0, 0.05) is 24.0 Å². The maximum atomic E-state index is 5.85. The monoisotopic (exact) mass is 276 g/mol. The first-order chi connectivity index (χ1) is 8.72. The molecule has 1 aromatic carbocycles. The van der Waals surface area contributed by atoms with Crippen LogP contribution in [0.4, 0.5) is 0 Å². The lowest BCUT2D eigenvalue weighted by Gasteiger charge is -2.02. The van der Waals surface area contributed by atoms with Gasteiger partial charge in [0.15, 0.2) is 5.82 Å². The Balaban J connectivity index is 2.19. The highest BCUT2D eigenvalue weighted by Gasteiger charge is 2.06. The molecule has 4 nitrogen and oxygen atoms in total. The molecule has 0 fully saturated rings. The van der Waals surface area contributed by atoms with Gasteiger partial charge < -0.3 is 0 Å². The van der Waals surface area contributed by atoms with Gasteiger partial charge in [0.05, 0.1) is 11.0 Å². The average Bonchev–Trinajstić information content (AvgIpc) is 2.37. The number of benzene rings is 1. The fraction of sp³-hybridized carbons (Fsp3) is 0. The lowest BCUT2D eigenvalue weighted by Crippen LogP contribution is -1.91. The summed E-state index contributed by atoms with van der Waals surface area (Å²) >= 11 is 11.7. The van der Waals surface area contributed by atoms with Crippen molar-refractivity contribution >= 4 is 34.2 Å². The molecule has 0 unspecified atom stereocenters. The second-order valence-corrected chi connectivity index (χ2v) is 4.37. The molecular weight excluding hydrogens is 271 g/mol. The molecule has 2 heterocycles. The van der Waals surface area contributed by atoms with Crippen LogP contribution >= 0.6 is 23.2 Å². The van der Waals surface area contributed by atoms with E-state index in [1.807, 2.05) is 18.2 Å². The summed E-state index contributed by atoms with van der Waals surface area (Å²) in [5.41, 5.74) is 2.39. The van der Waals surface area contributed by atoms with Gasteiger partial charge in [0.1, 0.15) is 10.3 Å². The summed E-state index contributed by atoms with van der Waals surface area (Å²) < 4.78 is 0. The largest absolute Gasteiger partial charge is 0.253 e. The minimum atomic E-state index is 0.309. The molecule has 0 aliphatic heterocycles. The Morgan fingerprint density at radius 3 is 2.17 bits per heavy atom. The molecule has 0 saturated carbocycles. The van der Waals surface area contributed by atoms with Crippen LogP contribution in [0.2, 0.25) is 10.3 Å². The maximum Gasteiger partial charge on any atom is 0.162 e.